The number of hydrogen-bond acceptors (Lipinski definition) is 2. The van der Waals surface area contributed by atoms with Crippen molar-refractivity contribution < 1.29 is 14.3 Å². The largest absolute Gasteiger partial charge is 0.394 e. The second-order valence-corrected chi connectivity index (χ2v) is 4.62. The molecular weight excluding hydrogens is 235 g/mol. The number of carbonyl (C=O) groups is 1. The number of carbonyl (C=O) groups excluding carboxylic acids is 1. The van der Waals surface area contributed by atoms with Crippen LogP contribution in [0.1, 0.15) is 25.8 Å². The molecule has 0 heterocycles. The first-order valence-electron chi connectivity index (χ1n) is 5.86. The van der Waals surface area contributed by atoms with E-state index in [-0.39, 0.29) is 12.4 Å². The van der Waals surface area contributed by atoms with Crippen LogP contribution >= 0.6 is 0 Å². The van der Waals surface area contributed by atoms with Crippen molar-refractivity contribution in [2.45, 2.75) is 32.7 Å². The van der Waals surface area contributed by atoms with Gasteiger partial charge in [0.05, 0.1) is 12.1 Å². The normalized spacial score (nSPS) is 13.8. The zero-order valence-corrected chi connectivity index (χ0v) is 10.9. The minimum Gasteiger partial charge on any atom is -0.394 e. The molecule has 0 bridgehead atoms. The van der Waals surface area contributed by atoms with E-state index in [4.69, 9.17) is 0 Å². The number of urea groups is 1. The molecule has 1 aromatic carbocycles. The van der Waals surface area contributed by atoms with Crippen molar-refractivity contribution in [3.63, 3.8) is 0 Å². The Morgan fingerprint density at radius 3 is 2.67 bits per heavy atom. The second-order valence-electron chi connectivity index (χ2n) is 4.62. The lowest BCUT2D eigenvalue weighted by molar-refractivity contribution is 0.172. The first kappa shape index (κ1) is 14.4. The van der Waals surface area contributed by atoms with Gasteiger partial charge in [0.15, 0.2) is 0 Å². The van der Waals surface area contributed by atoms with Crippen LogP contribution in [0.3, 0.4) is 0 Å². The van der Waals surface area contributed by atoms with Crippen LogP contribution in [0.15, 0.2) is 18.2 Å². The number of aliphatic hydroxyl groups excluding tert-OH is 1. The fourth-order valence-corrected chi connectivity index (χ4v) is 1.35. The SMILES string of the molecule is CCC(C)(CO)NC(=O)Nc1ccc(C)c(F)c1. The first-order chi connectivity index (χ1) is 8.40. The fraction of sp³-hybridized carbons (Fsp3) is 0.462. The van der Waals surface area contributed by atoms with E-state index in [9.17, 15) is 14.3 Å². The summed E-state index contributed by atoms with van der Waals surface area (Å²) in [5.41, 5.74) is 0.231. The summed E-state index contributed by atoms with van der Waals surface area (Å²) in [6.45, 7) is 5.10. The molecule has 1 atom stereocenters. The Bertz CT molecular complexity index is 431. The summed E-state index contributed by atoms with van der Waals surface area (Å²) < 4.78 is 13.3. The van der Waals surface area contributed by atoms with Crippen LogP contribution in [0.5, 0.6) is 0 Å². The molecule has 1 unspecified atom stereocenters. The zero-order valence-electron chi connectivity index (χ0n) is 10.9. The molecule has 0 saturated carbocycles. The molecule has 5 heteroatoms. The van der Waals surface area contributed by atoms with Gasteiger partial charge in [-0.1, -0.05) is 13.0 Å². The van der Waals surface area contributed by atoms with Crippen molar-refractivity contribution in [1.29, 1.82) is 0 Å². The molecule has 1 rings (SSSR count). The highest BCUT2D eigenvalue weighted by Gasteiger charge is 2.23. The standard InChI is InChI=1S/C13H19FN2O2/c1-4-13(3,8-17)16-12(18)15-10-6-5-9(2)11(14)7-10/h5-7,17H,4,8H2,1-3H3,(H2,15,16,18). The van der Waals surface area contributed by atoms with Crippen LogP contribution in [0.25, 0.3) is 0 Å². The Labute approximate surface area is 106 Å². The Morgan fingerprint density at radius 1 is 1.50 bits per heavy atom. The molecule has 0 radical (unpaired) electrons. The van der Waals surface area contributed by atoms with Crippen LogP contribution in [0.4, 0.5) is 14.9 Å². The van der Waals surface area contributed by atoms with Gasteiger partial charge in [-0.05, 0) is 38.0 Å². The van der Waals surface area contributed by atoms with Crippen molar-refractivity contribution in [3.8, 4) is 0 Å². The highest BCUT2D eigenvalue weighted by atomic mass is 19.1. The van der Waals surface area contributed by atoms with Gasteiger partial charge in [0.2, 0.25) is 0 Å². The molecule has 18 heavy (non-hydrogen) atoms. The van der Waals surface area contributed by atoms with Gasteiger partial charge >= 0.3 is 6.03 Å². The van der Waals surface area contributed by atoms with Crippen LogP contribution < -0.4 is 10.6 Å². The lowest BCUT2D eigenvalue weighted by Crippen LogP contribution is -2.50. The summed E-state index contributed by atoms with van der Waals surface area (Å²) in [6, 6.07) is 4.02. The third-order valence-electron chi connectivity index (χ3n) is 2.97. The number of hydrogen-bond donors (Lipinski definition) is 3. The summed E-state index contributed by atoms with van der Waals surface area (Å²) in [7, 11) is 0. The zero-order chi connectivity index (χ0) is 13.8. The van der Waals surface area contributed by atoms with E-state index in [0.29, 0.717) is 17.7 Å². The van der Waals surface area contributed by atoms with E-state index >= 15 is 0 Å². The van der Waals surface area contributed by atoms with E-state index in [1.165, 1.54) is 6.07 Å². The van der Waals surface area contributed by atoms with Gasteiger partial charge in [0, 0.05) is 5.69 Å². The fourth-order valence-electron chi connectivity index (χ4n) is 1.35. The van der Waals surface area contributed by atoms with Crippen LogP contribution in [0, 0.1) is 12.7 Å². The van der Waals surface area contributed by atoms with Crippen molar-refractivity contribution in [3.05, 3.63) is 29.6 Å². The summed E-state index contributed by atoms with van der Waals surface area (Å²) in [5.74, 6) is -0.367. The summed E-state index contributed by atoms with van der Waals surface area (Å²) in [4.78, 5) is 11.7. The molecule has 0 saturated heterocycles. The molecule has 0 aliphatic carbocycles. The number of halogens is 1. The third-order valence-corrected chi connectivity index (χ3v) is 2.97. The van der Waals surface area contributed by atoms with Gasteiger partial charge in [0.1, 0.15) is 5.82 Å². The third kappa shape index (κ3) is 3.70. The quantitative estimate of drug-likeness (QED) is 0.772. The number of benzene rings is 1. The molecule has 0 spiro atoms. The van der Waals surface area contributed by atoms with Gasteiger partial charge in [-0.25, -0.2) is 9.18 Å². The van der Waals surface area contributed by atoms with E-state index in [1.807, 2.05) is 6.92 Å². The van der Waals surface area contributed by atoms with Crippen molar-refractivity contribution in [2.24, 2.45) is 0 Å². The highest BCUT2D eigenvalue weighted by molar-refractivity contribution is 5.89. The maximum Gasteiger partial charge on any atom is 0.319 e. The van der Waals surface area contributed by atoms with Gasteiger partial charge in [-0.2, -0.15) is 0 Å². The van der Waals surface area contributed by atoms with Gasteiger partial charge in [-0.3, -0.25) is 0 Å². The summed E-state index contributed by atoms with van der Waals surface area (Å²) in [6.07, 6.45) is 0.596. The minimum absolute atomic E-state index is 0.154. The highest BCUT2D eigenvalue weighted by Crippen LogP contribution is 2.14. The van der Waals surface area contributed by atoms with Crippen molar-refractivity contribution in [2.75, 3.05) is 11.9 Å². The maximum absolute atomic E-state index is 13.3. The Hall–Kier alpha value is -1.62. The van der Waals surface area contributed by atoms with Gasteiger partial charge < -0.3 is 15.7 Å². The molecule has 0 aliphatic heterocycles. The van der Waals surface area contributed by atoms with Crippen molar-refractivity contribution >= 4 is 11.7 Å². The van der Waals surface area contributed by atoms with E-state index in [1.54, 1.807) is 26.0 Å². The topological polar surface area (TPSA) is 61.4 Å². The molecule has 4 nitrogen and oxygen atoms in total. The number of anilines is 1. The number of aliphatic hydroxyl groups is 1. The average molecular weight is 254 g/mol. The molecule has 100 valence electrons. The molecule has 2 amide bonds. The van der Waals surface area contributed by atoms with E-state index in [2.05, 4.69) is 10.6 Å². The maximum atomic E-state index is 13.3. The first-order valence-corrected chi connectivity index (χ1v) is 5.86. The average Bonchev–Trinajstić information content (AvgIpc) is 2.33. The number of aryl methyl sites for hydroxylation is 1. The number of nitrogens with one attached hydrogen (secondary N) is 2. The number of amides is 2. The van der Waals surface area contributed by atoms with E-state index in [0.717, 1.165) is 0 Å². The van der Waals surface area contributed by atoms with Gasteiger partial charge in [-0.15, -0.1) is 0 Å². The summed E-state index contributed by atoms with van der Waals surface area (Å²) in [5, 5.41) is 14.4. The molecule has 1 aromatic rings. The van der Waals surface area contributed by atoms with E-state index < -0.39 is 11.6 Å². The molecular formula is C13H19FN2O2. The van der Waals surface area contributed by atoms with Crippen molar-refractivity contribution in [1.82, 2.24) is 5.32 Å². The number of rotatable bonds is 4. The molecule has 0 aromatic heterocycles. The smallest absolute Gasteiger partial charge is 0.319 e. The monoisotopic (exact) mass is 254 g/mol. The second kappa shape index (κ2) is 5.82. The minimum atomic E-state index is -0.673. The van der Waals surface area contributed by atoms with Crippen LogP contribution in [0.2, 0.25) is 0 Å². The molecule has 0 fully saturated rings. The van der Waals surface area contributed by atoms with Gasteiger partial charge in [0.25, 0.3) is 0 Å². The predicted molar refractivity (Wildman–Crippen MR) is 69.1 cm³/mol. The lowest BCUT2D eigenvalue weighted by atomic mass is 10.0. The molecule has 3 N–H and O–H groups in total. The Kier molecular flexibility index (Phi) is 4.67. The van der Waals surface area contributed by atoms with Crippen LogP contribution in [-0.2, 0) is 0 Å². The predicted octanol–water partition coefficient (Wildman–Crippen LogP) is 2.42. The summed E-state index contributed by atoms with van der Waals surface area (Å²) >= 11 is 0. The molecule has 0 aliphatic rings. The van der Waals surface area contributed by atoms with Crippen LogP contribution in [-0.4, -0.2) is 23.3 Å². The lowest BCUT2D eigenvalue weighted by Gasteiger charge is -2.27. The Balaban J connectivity index is 2.67. The Morgan fingerprint density at radius 2 is 2.17 bits per heavy atom.